The van der Waals surface area contributed by atoms with Crippen LogP contribution >= 0.6 is 22.9 Å². The average Bonchev–Trinajstić information content (AvgIpc) is 3.25. The molecule has 2 heterocycles. The number of nitrogens with one attached hydrogen (secondary N) is 1. The number of sulfonamides is 1. The molecule has 3 aromatic rings. The average molecular weight is 463 g/mol. The second-order valence-corrected chi connectivity index (χ2v) is 9.67. The zero-order valence-corrected chi connectivity index (χ0v) is 18.3. The van der Waals surface area contributed by atoms with Gasteiger partial charge in [-0.1, -0.05) is 41.9 Å². The summed E-state index contributed by atoms with van der Waals surface area (Å²) in [6, 6.07) is 14.2. The number of nitrogens with zero attached hydrogens (tertiary/aromatic N) is 3. The standard InChI is InChI=1S/C20H19ClN4O3S2/c21-18-4-2-1-3-16(18)13-22-24-20-23-19(14-29-20)15-5-7-17(8-6-15)30(26,27)25-9-11-28-12-10-25/h1-8,13-14H,9-12H2,(H,23,24). The maximum Gasteiger partial charge on any atom is 0.243 e. The zero-order valence-electron chi connectivity index (χ0n) is 15.9. The summed E-state index contributed by atoms with van der Waals surface area (Å²) in [5.74, 6) is 0. The van der Waals surface area contributed by atoms with E-state index in [1.807, 2.05) is 23.6 Å². The molecule has 4 rings (SSSR count). The number of ether oxygens (including phenoxy) is 1. The Bertz CT molecular complexity index is 1140. The topological polar surface area (TPSA) is 83.9 Å². The summed E-state index contributed by atoms with van der Waals surface area (Å²) in [5, 5.41) is 7.30. The monoisotopic (exact) mass is 462 g/mol. The van der Waals surface area contributed by atoms with E-state index in [4.69, 9.17) is 16.3 Å². The summed E-state index contributed by atoms with van der Waals surface area (Å²) in [6.45, 7) is 1.59. The van der Waals surface area contributed by atoms with Gasteiger partial charge in [-0.15, -0.1) is 11.3 Å². The van der Waals surface area contributed by atoms with Crippen LogP contribution in [0.4, 0.5) is 5.13 Å². The van der Waals surface area contributed by atoms with E-state index in [0.717, 1.165) is 16.8 Å². The zero-order chi connectivity index (χ0) is 21.0. The summed E-state index contributed by atoms with van der Waals surface area (Å²) < 4.78 is 32.1. The molecule has 1 aliphatic heterocycles. The van der Waals surface area contributed by atoms with Gasteiger partial charge in [0.05, 0.1) is 30.0 Å². The van der Waals surface area contributed by atoms with Crippen molar-refractivity contribution in [1.82, 2.24) is 9.29 Å². The van der Waals surface area contributed by atoms with Crippen LogP contribution in [0.3, 0.4) is 0 Å². The first-order valence-corrected chi connectivity index (χ1v) is 11.9. The van der Waals surface area contributed by atoms with Gasteiger partial charge < -0.3 is 4.74 Å². The van der Waals surface area contributed by atoms with Gasteiger partial charge in [-0.25, -0.2) is 13.4 Å². The second kappa shape index (κ2) is 9.23. The summed E-state index contributed by atoms with van der Waals surface area (Å²) in [5.41, 5.74) is 5.27. The molecule has 1 N–H and O–H groups in total. The van der Waals surface area contributed by atoms with Gasteiger partial charge in [0.25, 0.3) is 0 Å². The van der Waals surface area contributed by atoms with E-state index in [1.165, 1.54) is 15.6 Å². The van der Waals surface area contributed by atoms with Gasteiger partial charge in [0.1, 0.15) is 0 Å². The van der Waals surface area contributed by atoms with Crippen molar-refractivity contribution in [3.8, 4) is 11.3 Å². The number of hydrogen-bond donors (Lipinski definition) is 1. The highest BCUT2D eigenvalue weighted by atomic mass is 35.5. The maximum atomic E-state index is 12.7. The Balaban J connectivity index is 1.44. The minimum Gasteiger partial charge on any atom is -0.379 e. The molecule has 0 saturated carbocycles. The van der Waals surface area contributed by atoms with Crippen molar-refractivity contribution in [1.29, 1.82) is 0 Å². The van der Waals surface area contributed by atoms with Gasteiger partial charge in [-0.05, 0) is 18.2 Å². The first-order chi connectivity index (χ1) is 14.5. The van der Waals surface area contributed by atoms with E-state index >= 15 is 0 Å². The Labute approximate surface area is 184 Å². The number of hydrogen-bond acceptors (Lipinski definition) is 7. The van der Waals surface area contributed by atoms with Crippen molar-refractivity contribution in [2.45, 2.75) is 4.90 Å². The fourth-order valence-corrected chi connectivity index (χ4v) is 5.19. The Morgan fingerprint density at radius 2 is 1.87 bits per heavy atom. The Hall–Kier alpha value is -2.30. The highest BCUT2D eigenvalue weighted by Crippen LogP contribution is 2.27. The molecule has 1 aromatic heterocycles. The van der Waals surface area contributed by atoms with Crippen LogP contribution < -0.4 is 5.43 Å². The number of anilines is 1. The van der Waals surface area contributed by atoms with E-state index in [2.05, 4.69) is 15.5 Å². The van der Waals surface area contributed by atoms with Crippen LogP contribution in [0.2, 0.25) is 5.02 Å². The summed E-state index contributed by atoms with van der Waals surface area (Å²) in [4.78, 5) is 4.77. The number of thiazole rings is 1. The lowest BCUT2D eigenvalue weighted by molar-refractivity contribution is 0.0730. The van der Waals surface area contributed by atoms with Gasteiger partial charge in [0.2, 0.25) is 15.2 Å². The van der Waals surface area contributed by atoms with Crippen molar-refractivity contribution in [2.24, 2.45) is 5.10 Å². The molecule has 0 atom stereocenters. The molecule has 0 amide bonds. The molecule has 0 spiro atoms. The number of halogens is 1. The highest BCUT2D eigenvalue weighted by Gasteiger charge is 2.26. The second-order valence-electron chi connectivity index (χ2n) is 6.47. The molecule has 0 aliphatic carbocycles. The fourth-order valence-electron chi connectivity index (χ4n) is 2.93. The van der Waals surface area contributed by atoms with Crippen LogP contribution in [0.5, 0.6) is 0 Å². The molecule has 0 radical (unpaired) electrons. The third kappa shape index (κ3) is 4.71. The van der Waals surface area contributed by atoms with Crippen molar-refractivity contribution in [3.63, 3.8) is 0 Å². The number of hydrazone groups is 1. The number of benzene rings is 2. The van der Waals surface area contributed by atoms with Crippen molar-refractivity contribution >= 4 is 44.3 Å². The van der Waals surface area contributed by atoms with Crippen LogP contribution in [0, 0.1) is 0 Å². The normalized spacial score (nSPS) is 15.5. The number of morpholine rings is 1. The molecule has 10 heteroatoms. The van der Waals surface area contributed by atoms with Gasteiger partial charge in [-0.2, -0.15) is 9.41 Å². The van der Waals surface area contributed by atoms with Crippen LogP contribution in [-0.4, -0.2) is 50.2 Å². The largest absolute Gasteiger partial charge is 0.379 e. The maximum absolute atomic E-state index is 12.7. The summed E-state index contributed by atoms with van der Waals surface area (Å²) in [6.07, 6.45) is 1.63. The molecule has 1 saturated heterocycles. The van der Waals surface area contributed by atoms with E-state index < -0.39 is 10.0 Å². The lowest BCUT2D eigenvalue weighted by atomic mass is 10.2. The van der Waals surface area contributed by atoms with E-state index in [-0.39, 0.29) is 4.90 Å². The van der Waals surface area contributed by atoms with Crippen LogP contribution in [0.25, 0.3) is 11.3 Å². The molecule has 2 aromatic carbocycles. The molecule has 7 nitrogen and oxygen atoms in total. The van der Waals surface area contributed by atoms with Gasteiger partial charge >= 0.3 is 0 Å². The molecule has 0 unspecified atom stereocenters. The third-order valence-electron chi connectivity index (χ3n) is 4.53. The first kappa shape index (κ1) is 21.0. The SMILES string of the molecule is O=S(=O)(c1ccc(-c2csc(NN=Cc3ccccc3Cl)n2)cc1)N1CCOCC1. The molecular formula is C20H19ClN4O3S2. The summed E-state index contributed by atoms with van der Waals surface area (Å²) >= 11 is 7.51. The Kier molecular flexibility index (Phi) is 6.45. The predicted octanol–water partition coefficient (Wildman–Crippen LogP) is 3.93. The van der Waals surface area contributed by atoms with Gasteiger partial charge in [-0.3, -0.25) is 5.43 Å². The van der Waals surface area contributed by atoms with E-state index in [1.54, 1.807) is 36.5 Å². The third-order valence-corrected chi connectivity index (χ3v) is 7.54. The first-order valence-electron chi connectivity index (χ1n) is 9.21. The Morgan fingerprint density at radius 1 is 1.13 bits per heavy atom. The number of rotatable bonds is 6. The minimum absolute atomic E-state index is 0.270. The smallest absolute Gasteiger partial charge is 0.243 e. The molecule has 1 fully saturated rings. The molecule has 1 aliphatic rings. The van der Waals surface area contributed by atoms with E-state index in [0.29, 0.717) is 36.5 Å². The van der Waals surface area contributed by atoms with Crippen LogP contribution in [0.1, 0.15) is 5.56 Å². The summed E-state index contributed by atoms with van der Waals surface area (Å²) in [7, 11) is -3.50. The quantitative estimate of drug-likeness (QED) is 0.443. The van der Waals surface area contributed by atoms with Crippen LogP contribution in [0.15, 0.2) is 63.9 Å². The Morgan fingerprint density at radius 3 is 2.60 bits per heavy atom. The molecule has 30 heavy (non-hydrogen) atoms. The van der Waals surface area contributed by atoms with Crippen molar-refractivity contribution in [2.75, 3.05) is 31.7 Å². The van der Waals surface area contributed by atoms with Crippen molar-refractivity contribution in [3.05, 3.63) is 64.5 Å². The fraction of sp³-hybridized carbons (Fsp3) is 0.200. The molecule has 0 bridgehead atoms. The van der Waals surface area contributed by atoms with Gasteiger partial charge in [0, 0.05) is 34.6 Å². The minimum atomic E-state index is -3.50. The molecular weight excluding hydrogens is 444 g/mol. The predicted molar refractivity (Wildman–Crippen MR) is 120 cm³/mol. The lowest BCUT2D eigenvalue weighted by Crippen LogP contribution is -2.40. The number of aromatic nitrogens is 1. The lowest BCUT2D eigenvalue weighted by Gasteiger charge is -2.26. The highest BCUT2D eigenvalue weighted by molar-refractivity contribution is 7.89. The molecule has 156 valence electrons. The van der Waals surface area contributed by atoms with Crippen LogP contribution in [-0.2, 0) is 14.8 Å². The van der Waals surface area contributed by atoms with Gasteiger partial charge in [0.15, 0.2) is 0 Å². The van der Waals surface area contributed by atoms with Crippen molar-refractivity contribution < 1.29 is 13.2 Å². The van der Waals surface area contributed by atoms with E-state index in [9.17, 15) is 8.42 Å².